The zero-order valence-corrected chi connectivity index (χ0v) is 13.3. The SMILES string of the molecule is O=C(Nc1ccc(-n2cccn2)cc1)c1cc(-c2cccs2)[nH]n1. The number of thiophene rings is 1. The van der Waals surface area contributed by atoms with Crippen LogP contribution in [0.5, 0.6) is 0 Å². The second-order valence-corrected chi connectivity index (χ2v) is 6.04. The molecule has 1 aromatic carbocycles. The third-order valence-corrected chi connectivity index (χ3v) is 4.39. The first kappa shape index (κ1) is 14.4. The molecule has 0 saturated carbocycles. The number of hydrogen-bond acceptors (Lipinski definition) is 4. The van der Waals surface area contributed by atoms with Crippen molar-refractivity contribution in [1.82, 2.24) is 20.0 Å². The Morgan fingerprint density at radius 3 is 2.75 bits per heavy atom. The van der Waals surface area contributed by atoms with E-state index in [0.29, 0.717) is 11.4 Å². The number of anilines is 1. The molecule has 7 heteroatoms. The van der Waals surface area contributed by atoms with E-state index < -0.39 is 0 Å². The molecule has 0 radical (unpaired) electrons. The van der Waals surface area contributed by atoms with Gasteiger partial charge < -0.3 is 5.32 Å². The van der Waals surface area contributed by atoms with E-state index in [1.165, 1.54) is 0 Å². The first-order valence-corrected chi connectivity index (χ1v) is 8.18. The van der Waals surface area contributed by atoms with E-state index >= 15 is 0 Å². The van der Waals surface area contributed by atoms with E-state index in [9.17, 15) is 4.79 Å². The van der Waals surface area contributed by atoms with Gasteiger partial charge in [-0.2, -0.15) is 10.2 Å². The monoisotopic (exact) mass is 335 g/mol. The summed E-state index contributed by atoms with van der Waals surface area (Å²) in [5.41, 5.74) is 2.83. The van der Waals surface area contributed by atoms with Gasteiger partial charge >= 0.3 is 0 Å². The van der Waals surface area contributed by atoms with Gasteiger partial charge in [-0.3, -0.25) is 9.89 Å². The van der Waals surface area contributed by atoms with Gasteiger partial charge in [0, 0.05) is 18.1 Å². The maximum absolute atomic E-state index is 12.3. The fourth-order valence-electron chi connectivity index (χ4n) is 2.31. The van der Waals surface area contributed by atoms with Gasteiger partial charge in [-0.25, -0.2) is 4.68 Å². The molecular weight excluding hydrogens is 322 g/mol. The summed E-state index contributed by atoms with van der Waals surface area (Å²) in [6.07, 6.45) is 3.59. The van der Waals surface area contributed by atoms with Crippen LogP contribution in [0.4, 0.5) is 5.69 Å². The summed E-state index contributed by atoms with van der Waals surface area (Å²) in [4.78, 5) is 13.3. The molecule has 3 heterocycles. The van der Waals surface area contributed by atoms with Gasteiger partial charge in [-0.1, -0.05) is 6.07 Å². The number of carbonyl (C=O) groups is 1. The molecule has 4 rings (SSSR count). The highest BCUT2D eigenvalue weighted by Gasteiger charge is 2.12. The van der Waals surface area contributed by atoms with Gasteiger partial charge in [0.1, 0.15) is 0 Å². The van der Waals surface area contributed by atoms with E-state index in [4.69, 9.17) is 0 Å². The Labute approximate surface area is 141 Å². The van der Waals surface area contributed by atoms with Crippen molar-refractivity contribution >= 4 is 22.9 Å². The molecule has 0 unspecified atom stereocenters. The van der Waals surface area contributed by atoms with E-state index in [-0.39, 0.29) is 5.91 Å². The van der Waals surface area contributed by atoms with Crippen molar-refractivity contribution in [3.8, 4) is 16.3 Å². The highest BCUT2D eigenvalue weighted by atomic mass is 32.1. The number of rotatable bonds is 4. The second-order valence-electron chi connectivity index (χ2n) is 5.10. The minimum absolute atomic E-state index is 0.249. The van der Waals surface area contributed by atoms with Gasteiger partial charge in [0.2, 0.25) is 0 Å². The van der Waals surface area contributed by atoms with Crippen LogP contribution >= 0.6 is 11.3 Å². The number of nitrogens with zero attached hydrogens (tertiary/aromatic N) is 3. The number of benzene rings is 1. The average Bonchev–Trinajstić information content (AvgIpc) is 3.35. The number of aromatic nitrogens is 4. The molecule has 118 valence electrons. The van der Waals surface area contributed by atoms with Crippen LogP contribution in [0.25, 0.3) is 16.3 Å². The molecular formula is C17H13N5OS. The standard InChI is InChI=1S/C17H13N5OS/c23-17(15-11-14(20-21-15)16-3-1-10-24-16)19-12-4-6-13(7-5-12)22-9-2-8-18-22/h1-11H,(H,19,23)(H,20,21). The molecule has 3 aromatic heterocycles. The Hall–Kier alpha value is -3.19. The molecule has 6 nitrogen and oxygen atoms in total. The molecule has 0 saturated heterocycles. The van der Waals surface area contributed by atoms with Crippen LogP contribution in [0.3, 0.4) is 0 Å². The first-order chi connectivity index (χ1) is 11.8. The molecule has 0 atom stereocenters. The Morgan fingerprint density at radius 2 is 2.04 bits per heavy atom. The molecule has 0 aliphatic carbocycles. The van der Waals surface area contributed by atoms with Crippen molar-refractivity contribution in [2.45, 2.75) is 0 Å². The minimum Gasteiger partial charge on any atom is -0.321 e. The predicted octanol–water partition coefficient (Wildman–Crippen LogP) is 3.58. The predicted molar refractivity (Wildman–Crippen MR) is 93.4 cm³/mol. The highest BCUT2D eigenvalue weighted by Crippen LogP contribution is 2.23. The minimum atomic E-state index is -0.249. The van der Waals surface area contributed by atoms with Crippen molar-refractivity contribution in [3.05, 3.63) is 72.0 Å². The Bertz CT molecular complexity index is 939. The Balaban J connectivity index is 1.48. The summed E-state index contributed by atoms with van der Waals surface area (Å²) >= 11 is 1.59. The Morgan fingerprint density at radius 1 is 1.17 bits per heavy atom. The topological polar surface area (TPSA) is 75.6 Å². The molecule has 0 spiro atoms. The summed E-state index contributed by atoms with van der Waals surface area (Å²) in [5.74, 6) is -0.249. The van der Waals surface area contributed by atoms with Crippen LogP contribution in [-0.2, 0) is 0 Å². The van der Waals surface area contributed by atoms with Crippen LogP contribution in [-0.4, -0.2) is 25.9 Å². The first-order valence-electron chi connectivity index (χ1n) is 7.30. The molecule has 0 fully saturated rings. The van der Waals surface area contributed by atoms with E-state index in [1.807, 2.05) is 54.0 Å². The van der Waals surface area contributed by atoms with Crippen molar-refractivity contribution in [1.29, 1.82) is 0 Å². The number of aromatic amines is 1. The number of H-pyrrole nitrogens is 1. The van der Waals surface area contributed by atoms with Crippen LogP contribution in [0.1, 0.15) is 10.5 Å². The average molecular weight is 335 g/mol. The lowest BCUT2D eigenvalue weighted by molar-refractivity contribution is 0.102. The smallest absolute Gasteiger partial charge is 0.276 e. The van der Waals surface area contributed by atoms with Gasteiger partial charge in [0.05, 0.1) is 16.3 Å². The summed E-state index contributed by atoms with van der Waals surface area (Å²) in [7, 11) is 0. The van der Waals surface area contributed by atoms with E-state index in [2.05, 4.69) is 20.6 Å². The van der Waals surface area contributed by atoms with Crippen molar-refractivity contribution < 1.29 is 4.79 Å². The lowest BCUT2D eigenvalue weighted by Gasteiger charge is -2.05. The molecule has 2 N–H and O–H groups in total. The van der Waals surface area contributed by atoms with Crippen LogP contribution in [0.15, 0.2) is 66.3 Å². The van der Waals surface area contributed by atoms with Gasteiger partial charge in [-0.05, 0) is 47.8 Å². The third-order valence-electron chi connectivity index (χ3n) is 3.49. The molecule has 24 heavy (non-hydrogen) atoms. The quantitative estimate of drug-likeness (QED) is 0.598. The lowest BCUT2D eigenvalue weighted by Crippen LogP contribution is -2.12. The third kappa shape index (κ3) is 2.84. The summed E-state index contributed by atoms with van der Waals surface area (Å²) in [5, 5.41) is 16.0. The fraction of sp³-hybridized carbons (Fsp3) is 0. The number of hydrogen-bond donors (Lipinski definition) is 2. The number of amides is 1. The van der Waals surface area contributed by atoms with Crippen LogP contribution in [0, 0.1) is 0 Å². The van der Waals surface area contributed by atoms with Crippen LogP contribution in [0.2, 0.25) is 0 Å². The number of nitrogens with one attached hydrogen (secondary N) is 2. The molecule has 1 amide bonds. The van der Waals surface area contributed by atoms with Crippen molar-refractivity contribution in [2.75, 3.05) is 5.32 Å². The zero-order chi connectivity index (χ0) is 16.4. The Kier molecular flexibility index (Phi) is 3.68. The molecule has 0 aliphatic rings. The van der Waals surface area contributed by atoms with Gasteiger partial charge in [0.15, 0.2) is 5.69 Å². The second kappa shape index (κ2) is 6.13. The lowest BCUT2D eigenvalue weighted by atomic mass is 10.2. The highest BCUT2D eigenvalue weighted by molar-refractivity contribution is 7.13. The van der Waals surface area contributed by atoms with Crippen LogP contribution < -0.4 is 5.32 Å². The van der Waals surface area contributed by atoms with E-state index in [1.54, 1.807) is 28.3 Å². The molecule has 4 aromatic rings. The van der Waals surface area contributed by atoms with E-state index in [0.717, 1.165) is 16.3 Å². The van der Waals surface area contributed by atoms with Gasteiger partial charge in [0.25, 0.3) is 5.91 Å². The van der Waals surface area contributed by atoms with Gasteiger partial charge in [-0.15, -0.1) is 11.3 Å². The maximum atomic E-state index is 12.3. The largest absolute Gasteiger partial charge is 0.321 e. The normalized spacial score (nSPS) is 10.7. The summed E-state index contributed by atoms with van der Waals surface area (Å²) < 4.78 is 1.76. The summed E-state index contributed by atoms with van der Waals surface area (Å²) in [6.45, 7) is 0. The fourth-order valence-corrected chi connectivity index (χ4v) is 3.00. The molecule has 0 bridgehead atoms. The summed E-state index contributed by atoms with van der Waals surface area (Å²) in [6, 6.07) is 15.0. The number of carbonyl (C=O) groups excluding carboxylic acids is 1. The zero-order valence-electron chi connectivity index (χ0n) is 12.5. The molecule has 0 aliphatic heterocycles. The van der Waals surface area contributed by atoms with Crippen molar-refractivity contribution in [3.63, 3.8) is 0 Å². The maximum Gasteiger partial charge on any atom is 0.276 e. The van der Waals surface area contributed by atoms with Crippen molar-refractivity contribution in [2.24, 2.45) is 0 Å².